The molecule has 3 rings (SSSR count). The third kappa shape index (κ3) is 3.32. The van der Waals surface area contributed by atoms with Crippen LogP contribution in [-0.4, -0.2) is 41.5 Å². The third-order valence-corrected chi connectivity index (χ3v) is 4.07. The first-order chi connectivity index (χ1) is 13.5. The first kappa shape index (κ1) is 18.8. The van der Waals surface area contributed by atoms with Crippen molar-refractivity contribution in [2.45, 2.75) is 0 Å². The molecule has 0 aliphatic carbocycles. The van der Waals surface area contributed by atoms with Crippen LogP contribution in [0.5, 0.6) is 11.5 Å². The molecule has 2 aromatic carbocycles. The fraction of sp³-hybridized carbons (Fsp3) is 0.105. The molecule has 0 atom stereocenters. The number of nitro groups is 1. The summed E-state index contributed by atoms with van der Waals surface area (Å²) in [6, 6.07) is 9.68. The summed E-state index contributed by atoms with van der Waals surface area (Å²) in [7, 11) is 1.28. The SMILES string of the molecule is C=CCN1C(=O)/C(=N\N=C\c2cc(OC)c(O)c([N+](=O)[O-])c2)c2ccccc21. The number of fused-ring (bicyclic) bond motifs is 1. The van der Waals surface area contributed by atoms with E-state index in [9.17, 15) is 20.0 Å². The number of benzene rings is 2. The van der Waals surface area contributed by atoms with Gasteiger partial charge in [-0.2, -0.15) is 5.10 Å². The van der Waals surface area contributed by atoms with Crippen LogP contribution in [0.2, 0.25) is 0 Å². The Hall–Kier alpha value is -4.01. The molecule has 1 amide bonds. The number of carbonyl (C=O) groups is 1. The van der Waals surface area contributed by atoms with Crippen LogP contribution in [0.3, 0.4) is 0 Å². The van der Waals surface area contributed by atoms with Gasteiger partial charge in [-0.1, -0.05) is 24.3 Å². The van der Waals surface area contributed by atoms with E-state index >= 15 is 0 Å². The molecule has 0 fully saturated rings. The predicted molar refractivity (Wildman–Crippen MR) is 104 cm³/mol. The number of amides is 1. The lowest BCUT2D eigenvalue weighted by atomic mass is 10.1. The number of hydrogen-bond acceptors (Lipinski definition) is 7. The van der Waals surface area contributed by atoms with Crippen molar-refractivity contribution in [1.29, 1.82) is 0 Å². The first-order valence-corrected chi connectivity index (χ1v) is 8.16. The van der Waals surface area contributed by atoms with E-state index < -0.39 is 16.4 Å². The lowest BCUT2D eigenvalue weighted by Gasteiger charge is -2.13. The zero-order valence-electron chi connectivity index (χ0n) is 14.9. The smallest absolute Gasteiger partial charge is 0.315 e. The molecule has 0 spiro atoms. The van der Waals surface area contributed by atoms with Gasteiger partial charge in [0.1, 0.15) is 0 Å². The predicted octanol–water partition coefficient (Wildman–Crippen LogP) is 2.66. The summed E-state index contributed by atoms with van der Waals surface area (Å²) in [5.74, 6) is -0.953. The van der Waals surface area contributed by atoms with Crippen molar-refractivity contribution in [3.05, 3.63) is 70.3 Å². The van der Waals surface area contributed by atoms with Crippen LogP contribution in [0.25, 0.3) is 0 Å². The van der Waals surface area contributed by atoms with Gasteiger partial charge in [-0.25, -0.2) is 0 Å². The Morgan fingerprint density at radius 3 is 2.79 bits per heavy atom. The van der Waals surface area contributed by atoms with E-state index in [-0.39, 0.29) is 22.9 Å². The second kappa shape index (κ2) is 7.70. The molecule has 0 radical (unpaired) electrons. The molecule has 9 heteroatoms. The fourth-order valence-corrected chi connectivity index (χ4v) is 2.81. The fourth-order valence-electron chi connectivity index (χ4n) is 2.81. The highest BCUT2D eigenvalue weighted by atomic mass is 16.6. The van der Waals surface area contributed by atoms with E-state index in [0.717, 1.165) is 6.07 Å². The summed E-state index contributed by atoms with van der Waals surface area (Å²) in [4.78, 5) is 24.5. The van der Waals surface area contributed by atoms with E-state index in [1.54, 1.807) is 24.3 Å². The standard InChI is InChI=1S/C19H16N4O5/c1-3-8-22-14-7-5-4-6-13(14)17(19(22)25)21-20-11-12-9-15(23(26)27)18(24)16(10-12)28-2/h3-7,9-11,24H,1,8H2,2H3/b20-11+,21-17-. The van der Waals surface area contributed by atoms with Crippen molar-refractivity contribution in [1.82, 2.24) is 0 Å². The number of anilines is 1. The molecular formula is C19H16N4O5. The van der Waals surface area contributed by atoms with Gasteiger partial charge in [0.05, 0.1) is 23.9 Å². The van der Waals surface area contributed by atoms with Crippen LogP contribution < -0.4 is 9.64 Å². The number of carbonyl (C=O) groups excluding carboxylic acids is 1. The van der Waals surface area contributed by atoms with Crippen molar-refractivity contribution < 1.29 is 19.6 Å². The van der Waals surface area contributed by atoms with Crippen LogP contribution in [0.1, 0.15) is 11.1 Å². The molecule has 0 saturated heterocycles. The number of nitro benzene ring substituents is 1. The van der Waals surface area contributed by atoms with E-state index in [0.29, 0.717) is 17.8 Å². The van der Waals surface area contributed by atoms with Crippen LogP contribution in [-0.2, 0) is 4.79 Å². The summed E-state index contributed by atoms with van der Waals surface area (Å²) in [5, 5.41) is 28.8. The van der Waals surface area contributed by atoms with Crippen molar-refractivity contribution in [2.75, 3.05) is 18.6 Å². The summed E-state index contributed by atoms with van der Waals surface area (Å²) in [5.41, 5.74) is 1.28. The van der Waals surface area contributed by atoms with Gasteiger partial charge in [-0.15, -0.1) is 11.7 Å². The zero-order chi connectivity index (χ0) is 20.3. The van der Waals surface area contributed by atoms with Crippen molar-refractivity contribution >= 4 is 29.2 Å². The van der Waals surface area contributed by atoms with Gasteiger partial charge in [-0.3, -0.25) is 14.9 Å². The molecule has 1 aliphatic rings. The van der Waals surface area contributed by atoms with Gasteiger partial charge < -0.3 is 14.7 Å². The number of nitrogens with zero attached hydrogens (tertiary/aromatic N) is 4. The van der Waals surface area contributed by atoms with Gasteiger partial charge in [0.25, 0.3) is 5.91 Å². The third-order valence-electron chi connectivity index (χ3n) is 4.07. The van der Waals surface area contributed by atoms with Crippen LogP contribution in [0, 0.1) is 10.1 Å². The molecule has 1 heterocycles. The Kier molecular flexibility index (Phi) is 5.16. The monoisotopic (exact) mass is 380 g/mol. The van der Waals surface area contributed by atoms with E-state index in [4.69, 9.17) is 4.74 Å². The average Bonchev–Trinajstić information content (AvgIpc) is 2.95. The molecule has 1 N–H and O–H groups in total. The second-order valence-electron chi connectivity index (χ2n) is 5.76. The Balaban J connectivity index is 1.97. The van der Waals surface area contributed by atoms with Gasteiger partial charge in [0.2, 0.25) is 5.75 Å². The largest absolute Gasteiger partial charge is 0.500 e. The topological polar surface area (TPSA) is 118 Å². The Bertz CT molecular complexity index is 1030. The summed E-state index contributed by atoms with van der Waals surface area (Å²) >= 11 is 0. The van der Waals surface area contributed by atoms with Crippen molar-refractivity contribution in [3.63, 3.8) is 0 Å². The molecule has 0 unspecified atom stereocenters. The molecule has 142 valence electrons. The average molecular weight is 380 g/mol. The quantitative estimate of drug-likeness (QED) is 0.358. The maximum atomic E-state index is 12.6. The molecule has 0 bridgehead atoms. The molecule has 9 nitrogen and oxygen atoms in total. The Labute approximate surface area is 160 Å². The summed E-state index contributed by atoms with van der Waals surface area (Å²) in [6.07, 6.45) is 2.86. The number of para-hydroxylation sites is 1. The van der Waals surface area contributed by atoms with Gasteiger partial charge in [0.15, 0.2) is 11.5 Å². The second-order valence-corrected chi connectivity index (χ2v) is 5.76. The summed E-state index contributed by atoms with van der Waals surface area (Å²) in [6.45, 7) is 3.99. The van der Waals surface area contributed by atoms with Gasteiger partial charge >= 0.3 is 5.69 Å². The highest BCUT2D eigenvalue weighted by Gasteiger charge is 2.33. The Morgan fingerprint density at radius 1 is 1.36 bits per heavy atom. The molecular weight excluding hydrogens is 364 g/mol. The zero-order valence-corrected chi connectivity index (χ0v) is 14.9. The highest BCUT2D eigenvalue weighted by Crippen LogP contribution is 2.36. The number of hydrogen-bond donors (Lipinski definition) is 1. The highest BCUT2D eigenvalue weighted by molar-refractivity contribution is 6.54. The minimum Gasteiger partial charge on any atom is -0.500 e. The normalized spacial score (nSPS) is 14.5. The molecule has 0 saturated carbocycles. The first-order valence-electron chi connectivity index (χ1n) is 8.16. The number of aromatic hydroxyl groups is 1. The Morgan fingerprint density at radius 2 is 2.11 bits per heavy atom. The molecule has 2 aromatic rings. The number of methoxy groups -OCH3 is 1. The van der Waals surface area contributed by atoms with Crippen molar-refractivity contribution in [3.8, 4) is 11.5 Å². The minimum atomic E-state index is -0.731. The molecule has 28 heavy (non-hydrogen) atoms. The maximum Gasteiger partial charge on any atom is 0.315 e. The van der Waals surface area contributed by atoms with Crippen LogP contribution in [0.4, 0.5) is 11.4 Å². The number of phenols is 1. The van der Waals surface area contributed by atoms with Crippen molar-refractivity contribution in [2.24, 2.45) is 10.2 Å². The molecule has 0 aromatic heterocycles. The van der Waals surface area contributed by atoms with E-state index in [1.807, 2.05) is 6.07 Å². The van der Waals surface area contributed by atoms with E-state index in [1.165, 1.54) is 24.3 Å². The number of phenolic OH excluding ortho intramolecular Hbond substituents is 1. The minimum absolute atomic E-state index is 0.0669. The summed E-state index contributed by atoms with van der Waals surface area (Å²) < 4.78 is 4.94. The van der Waals surface area contributed by atoms with Gasteiger partial charge in [0, 0.05) is 23.7 Å². The lowest BCUT2D eigenvalue weighted by molar-refractivity contribution is -0.386. The van der Waals surface area contributed by atoms with Gasteiger partial charge in [-0.05, 0) is 12.1 Å². The van der Waals surface area contributed by atoms with Crippen LogP contribution >= 0.6 is 0 Å². The number of rotatable bonds is 6. The van der Waals surface area contributed by atoms with Crippen LogP contribution in [0.15, 0.2) is 59.3 Å². The lowest BCUT2D eigenvalue weighted by Crippen LogP contribution is -2.30. The van der Waals surface area contributed by atoms with E-state index in [2.05, 4.69) is 16.8 Å². The number of ether oxygens (including phenoxy) is 1. The molecule has 1 aliphatic heterocycles. The maximum absolute atomic E-state index is 12.6.